The van der Waals surface area contributed by atoms with Crippen LogP contribution in [0.5, 0.6) is 11.5 Å². The summed E-state index contributed by atoms with van der Waals surface area (Å²) >= 11 is 0. The van der Waals surface area contributed by atoms with E-state index in [1.807, 2.05) is 0 Å². The number of amides is 15. The minimum Gasteiger partial charge on any atom is -0.504 e. The fraction of sp³-hybridized carbons (Fsp3) is 0.545. The monoisotopic (exact) mass is 1780 g/mol. The number of aliphatic hydroxyl groups excluding tert-OH is 4. The number of nitrogens with two attached hydrogens (primary N) is 1. The first-order valence-corrected chi connectivity index (χ1v) is 40.7. The van der Waals surface area contributed by atoms with Gasteiger partial charge in [0.1, 0.15) is 65.8 Å². The molecule has 25 N–H and O–H groups in total. The number of carboxylic acids is 1. The van der Waals surface area contributed by atoms with E-state index >= 15 is 4.39 Å². The van der Waals surface area contributed by atoms with Crippen molar-refractivity contribution in [3.05, 3.63) is 63.3 Å². The van der Waals surface area contributed by atoms with Crippen LogP contribution in [0, 0.1) is 11.2 Å². The minimum atomic E-state index is -2.01. The molecule has 3 aromatic rings. The highest BCUT2D eigenvalue weighted by Crippen LogP contribution is 2.40. The van der Waals surface area contributed by atoms with Crippen LogP contribution in [0.25, 0.3) is 17.0 Å². The Labute approximate surface area is 718 Å². The fourth-order valence-electron chi connectivity index (χ4n) is 14.0. The molecule has 49 heteroatoms. The molecule has 0 spiro atoms. The Morgan fingerprint density at radius 3 is 1.85 bits per heavy atom. The third kappa shape index (κ3) is 28.4. The molecule has 0 aliphatic carbocycles. The number of anilines is 2. The number of carbonyl (C=O) groups is 16. The predicted octanol–water partition coefficient (Wildman–Crippen LogP) is -7.70. The zero-order valence-corrected chi connectivity index (χ0v) is 69.3. The number of hydroxylamine groups is 4. The van der Waals surface area contributed by atoms with Gasteiger partial charge >= 0.3 is 5.97 Å². The largest absolute Gasteiger partial charge is 0.504 e. The number of hydrogen-bond acceptors (Lipinski definition) is 29. The Hall–Kier alpha value is -13.3. The van der Waals surface area contributed by atoms with Gasteiger partial charge in [0.2, 0.25) is 95.0 Å². The Morgan fingerprint density at radius 1 is 0.667 bits per heavy atom. The molecule has 0 saturated carbocycles. The average molecular weight is 1780 g/mol. The molecule has 0 bridgehead atoms. The first-order chi connectivity index (χ1) is 59.9. The first-order valence-electron chi connectivity index (χ1n) is 40.7. The van der Waals surface area contributed by atoms with Gasteiger partial charge in [0.25, 0.3) is 0 Å². The number of hydrogen-bond donors (Lipinski definition) is 24. The van der Waals surface area contributed by atoms with Gasteiger partial charge in [-0.1, -0.05) is 0 Å². The van der Waals surface area contributed by atoms with E-state index in [1.165, 1.54) is 39.6 Å². The molecule has 7 rings (SSSR count). The number of guanidine groups is 1. The second-order valence-electron chi connectivity index (χ2n) is 30.0. The van der Waals surface area contributed by atoms with Gasteiger partial charge in [0.15, 0.2) is 23.3 Å². The lowest BCUT2D eigenvalue weighted by Gasteiger charge is -2.40. The molecule has 0 radical (unpaired) electrons. The highest BCUT2D eigenvalue weighted by Gasteiger charge is 2.42. The van der Waals surface area contributed by atoms with E-state index < -0.39 is 217 Å². The number of aromatic hydroxyl groups is 2. The van der Waals surface area contributed by atoms with Gasteiger partial charge in [0.05, 0.1) is 48.0 Å². The van der Waals surface area contributed by atoms with Crippen molar-refractivity contribution in [3.8, 4) is 11.5 Å². The van der Waals surface area contributed by atoms with E-state index in [-0.39, 0.29) is 199 Å². The smallest absolute Gasteiger partial charge is 0.341 e. The van der Waals surface area contributed by atoms with Crippen molar-refractivity contribution < 1.29 is 127 Å². The quantitative estimate of drug-likeness (QED) is 0.00477. The SMILES string of the molecule is CCn1cc(C(=O)O)c(=O)c2cc(F)c(N3CCN(C(=O)CCC(=O)NCCNC(=O)CCC(=O)NC4=Cc5cc(O)c(O)cc5N5C4=NCC[C@H]5C(=O)N[C@H](CO)C(=O)N[C@@H](CCCNC(=N)N)C(=O)N[C@H](CO)C(=O)N[C@@H](CCCN(O)C=O)C(=O)N[C@H]4CCCCNC(=O)[C@@H]([C@@H](C)O)NC(=O)[C@@H]([C@@H](C)O)NC(=O)[C@H](CCCN(O)C=O)NC4=O)CC3)cc21. The van der Waals surface area contributed by atoms with Crippen LogP contribution >= 0.6 is 0 Å². The maximum absolute atomic E-state index is 15.5. The molecular weight excluding hydrogens is 1670 g/mol. The standard InChI is InChI=1S/C77H109FN22O26/c1-4-95-35-44(76(123)124)65(113)43-32-45(78)56(33-55(43)95)96-26-28-97(29-27-96)62(112)17-16-60(110)82-23-22-81-59(109)14-15-61(111)86-50-30-42-31-57(107)58(108)34-54(42)100-53(18-21-83-66(50)100)73(120)92-52(37-102)72(119)89-47(11-7-20-85-77(79)80)69(116)91-51(36-101)71(118)90-48(12-8-24-98(125)38-103)68(115)87-46-10-5-6-19-84-74(121)63(40(2)105)94-75(122)64(41(3)106)93-70(117)49(88-67(46)114)13-9-25-99(126)39-104/h30-35,38-41,46-49,51-53,63-64,101-102,105-108,125-126H,4-29,36-37H2,1-3H3,(H,81,109)(H,82,110)(H,84,121)(H,86,111)(H,87,115)(H,88,114)(H,89,119)(H,90,118)(H,91,116)(H,92,120)(H,93,117)(H,94,122)(H,123,124)(H4,79,80,85)/t40-,41-,46+,47+,48+,49+,51-,52-,53+,63-,64-/m1/s1. The van der Waals surface area contributed by atoms with Gasteiger partial charge in [0, 0.05) is 127 Å². The van der Waals surface area contributed by atoms with Crippen molar-refractivity contribution in [2.24, 2.45) is 10.7 Å². The second kappa shape index (κ2) is 48.1. The molecule has 1 aromatic heterocycles. The molecule has 0 unspecified atom stereocenters. The van der Waals surface area contributed by atoms with E-state index in [1.54, 1.807) is 11.8 Å². The van der Waals surface area contributed by atoms with Crippen molar-refractivity contribution in [2.75, 3.05) is 95.0 Å². The lowest BCUT2D eigenvalue weighted by atomic mass is 9.98. The molecule has 2 fully saturated rings. The molecule has 690 valence electrons. The topological polar surface area (TPSA) is 712 Å². The zero-order valence-electron chi connectivity index (χ0n) is 69.3. The van der Waals surface area contributed by atoms with Crippen LogP contribution in [0.4, 0.5) is 15.8 Å². The van der Waals surface area contributed by atoms with Crippen molar-refractivity contribution in [2.45, 2.75) is 184 Å². The minimum absolute atomic E-state index is 0.00321. The van der Waals surface area contributed by atoms with Crippen LogP contribution in [0.15, 0.2) is 45.9 Å². The summed E-state index contributed by atoms with van der Waals surface area (Å²) in [4.78, 5) is 236. The third-order valence-corrected chi connectivity index (χ3v) is 20.8. The van der Waals surface area contributed by atoms with Gasteiger partial charge in [-0.15, -0.1) is 0 Å². The number of aromatic carboxylic acids is 1. The molecule has 15 amide bonds. The van der Waals surface area contributed by atoms with Crippen LogP contribution < -0.4 is 90.1 Å². The van der Waals surface area contributed by atoms with Crippen LogP contribution in [0.3, 0.4) is 0 Å². The van der Waals surface area contributed by atoms with E-state index in [2.05, 4.69) is 74.1 Å². The highest BCUT2D eigenvalue weighted by atomic mass is 19.1. The van der Waals surface area contributed by atoms with Crippen LogP contribution in [0.1, 0.15) is 127 Å². The van der Waals surface area contributed by atoms with Gasteiger partial charge in [-0.2, -0.15) is 0 Å². The number of fused-ring (bicyclic) bond motifs is 4. The van der Waals surface area contributed by atoms with Crippen LogP contribution in [-0.4, -0.2) is 325 Å². The number of piperazine rings is 1. The first kappa shape index (κ1) is 99.8. The Bertz CT molecular complexity index is 4640. The summed E-state index contributed by atoms with van der Waals surface area (Å²) in [5, 5.41) is 133. The molecule has 2 saturated heterocycles. The number of pyridine rings is 1. The summed E-state index contributed by atoms with van der Waals surface area (Å²) in [7, 11) is 0. The molecule has 11 atom stereocenters. The number of aryl methyl sites for hydroxylation is 1. The van der Waals surface area contributed by atoms with Crippen molar-refractivity contribution in [3.63, 3.8) is 0 Å². The average Bonchev–Trinajstić information content (AvgIpc) is 0.749. The molecule has 2 aromatic carbocycles. The number of aromatic nitrogens is 1. The number of benzene rings is 2. The molecular formula is C77H109FN22O26. The number of carboxylic acid groups (broad SMARTS) is 1. The van der Waals surface area contributed by atoms with E-state index in [0.29, 0.717) is 12.1 Å². The summed E-state index contributed by atoms with van der Waals surface area (Å²) < 4.78 is 17.0. The number of nitrogens with one attached hydrogen (secondary N) is 14. The van der Waals surface area contributed by atoms with Gasteiger partial charge in [-0.05, 0) is 109 Å². The van der Waals surface area contributed by atoms with E-state index in [4.69, 9.17) is 11.1 Å². The lowest BCUT2D eigenvalue weighted by molar-refractivity contribution is -0.150. The summed E-state index contributed by atoms with van der Waals surface area (Å²) in [5.41, 5.74) is 4.76. The maximum Gasteiger partial charge on any atom is 0.341 e. The van der Waals surface area contributed by atoms with Crippen molar-refractivity contribution >= 4 is 136 Å². The number of nitrogens with zero attached hydrogens (tertiary/aromatic N) is 7. The predicted molar refractivity (Wildman–Crippen MR) is 440 cm³/mol. The number of carbonyl (C=O) groups excluding carboxylic acids is 15. The summed E-state index contributed by atoms with van der Waals surface area (Å²) in [5.74, 6) is -16.4. The molecule has 48 nitrogen and oxygen atoms in total. The summed E-state index contributed by atoms with van der Waals surface area (Å²) in [6.45, 7) is 1.38. The Morgan fingerprint density at radius 2 is 1.24 bits per heavy atom. The van der Waals surface area contributed by atoms with E-state index in [9.17, 15) is 128 Å². The van der Waals surface area contributed by atoms with Crippen molar-refractivity contribution in [1.29, 1.82) is 5.41 Å². The molecule has 126 heavy (non-hydrogen) atoms. The fourth-order valence-corrected chi connectivity index (χ4v) is 14.0. The number of halogens is 1. The number of phenols is 2. The van der Waals surface area contributed by atoms with Crippen LogP contribution in [-0.2, 0) is 78.5 Å². The molecule has 4 aliphatic rings. The Kier molecular flexibility index (Phi) is 38.1. The number of phenolic OH excluding ortho intramolecular Hbond substituents is 2. The van der Waals surface area contributed by atoms with Gasteiger partial charge in [-0.3, -0.25) is 97.5 Å². The highest BCUT2D eigenvalue weighted by molar-refractivity contribution is 6.20. The number of rotatable bonds is 41. The van der Waals surface area contributed by atoms with Gasteiger partial charge < -0.3 is 130 Å². The number of aliphatic hydroxyl groups is 4. The third-order valence-electron chi connectivity index (χ3n) is 20.8. The lowest BCUT2D eigenvalue weighted by Crippen LogP contribution is -2.62. The summed E-state index contributed by atoms with van der Waals surface area (Å²) in [6.07, 6.45) is -3.83. The number of aliphatic imine (C=N–C) groups is 1. The normalized spacial score (nSPS) is 18.8. The Balaban J connectivity index is 0.960. The molecule has 5 heterocycles. The molecule has 4 aliphatic heterocycles. The van der Waals surface area contributed by atoms with Crippen molar-refractivity contribution in [1.82, 2.24) is 88.7 Å². The maximum atomic E-state index is 15.5. The van der Waals surface area contributed by atoms with E-state index in [0.717, 1.165) is 25.1 Å². The van der Waals surface area contributed by atoms with Crippen LogP contribution in [0.2, 0.25) is 0 Å². The summed E-state index contributed by atoms with van der Waals surface area (Å²) in [6, 6.07) is -10.9. The number of amidine groups is 1. The van der Waals surface area contributed by atoms with Gasteiger partial charge in [-0.25, -0.2) is 19.3 Å². The zero-order chi connectivity index (χ0) is 92.8. The second-order valence-corrected chi connectivity index (χ2v) is 30.0.